The van der Waals surface area contributed by atoms with Crippen molar-refractivity contribution in [3.8, 4) is 5.75 Å². The van der Waals surface area contributed by atoms with Gasteiger partial charge in [-0.3, -0.25) is 0 Å². The predicted molar refractivity (Wildman–Crippen MR) is 66.6 cm³/mol. The molecule has 0 saturated carbocycles. The van der Waals surface area contributed by atoms with Crippen LogP contribution in [0.5, 0.6) is 5.75 Å². The van der Waals surface area contributed by atoms with Gasteiger partial charge in [-0.15, -0.1) is 0 Å². The molecule has 1 rings (SSSR count). The number of halogens is 2. The van der Waals surface area contributed by atoms with Crippen molar-refractivity contribution in [1.82, 2.24) is 0 Å². The zero-order valence-corrected chi connectivity index (χ0v) is 11.4. The summed E-state index contributed by atoms with van der Waals surface area (Å²) in [5, 5.41) is 0.852. The van der Waals surface area contributed by atoms with E-state index in [1.807, 2.05) is 0 Å². The third-order valence-electron chi connectivity index (χ3n) is 2.00. The molecule has 88 valence electrons. The minimum absolute atomic E-state index is 0.322. The second kappa shape index (κ2) is 6.11. The van der Waals surface area contributed by atoms with Crippen LogP contribution in [-0.4, -0.2) is 19.7 Å². The first kappa shape index (κ1) is 13.3. The molecule has 3 nitrogen and oxygen atoms in total. The van der Waals surface area contributed by atoms with E-state index in [-0.39, 0.29) is 0 Å². The normalized spacial score (nSPS) is 10.0. The maximum absolute atomic E-state index is 11.7. The molecule has 0 aromatic heterocycles. The van der Waals surface area contributed by atoms with E-state index in [0.717, 1.165) is 5.56 Å². The van der Waals surface area contributed by atoms with Gasteiger partial charge in [0.05, 0.1) is 24.3 Å². The van der Waals surface area contributed by atoms with Crippen LogP contribution >= 0.6 is 27.5 Å². The molecule has 0 aliphatic heterocycles. The molecule has 0 unspecified atom stereocenters. The van der Waals surface area contributed by atoms with Gasteiger partial charge >= 0.3 is 5.97 Å². The smallest absolute Gasteiger partial charge is 0.339 e. The molecule has 0 fully saturated rings. The van der Waals surface area contributed by atoms with Gasteiger partial charge in [0.25, 0.3) is 0 Å². The van der Waals surface area contributed by atoms with Crippen LogP contribution in [0.25, 0.3) is 0 Å². The van der Waals surface area contributed by atoms with Crippen molar-refractivity contribution in [2.24, 2.45) is 0 Å². The molecule has 0 radical (unpaired) electrons. The van der Waals surface area contributed by atoms with Gasteiger partial charge in [-0.25, -0.2) is 4.79 Å². The molecule has 0 atom stereocenters. The van der Waals surface area contributed by atoms with Crippen LogP contribution in [0.4, 0.5) is 0 Å². The molecule has 0 N–H and O–H groups in total. The lowest BCUT2D eigenvalue weighted by Crippen LogP contribution is -2.08. The third kappa shape index (κ3) is 2.89. The Morgan fingerprint density at radius 1 is 1.50 bits per heavy atom. The Hall–Kier alpha value is -0.740. The van der Waals surface area contributed by atoms with Gasteiger partial charge in [-0.05, 0) is 24.6 Å². The summed E-state index contributed by atoms with van der Waals surface area (Å²) >= 11 is 9.32. The van der Waals surface area contributed by atoms with Crippen molar-refractivity contribution in [2.75, 3.05) is 13.7 Å². The molecule has 0 heterocycles. The Labute approximate surface area is 108 Å². The lowest BCUT2D eigenvalue weighted by Gasteiger charge is -2.10. The van der Waals surface area contributed by atoms with Crippen LogP contribution in [0, 0.1) is 0 Å². The van der Waals surface area contributed by atoms with Gasteiger partial charge in [-0.2, -0.15) is 0 Å². The van der Waals surface area contributed by atoms with Crippen LogP contribution in [-0.2, 0) is 10.1 Å². The Balaban J connectivity index is 3.21. The summed E-state index contributed by atoms with van der Waals surface area (Å²) in [6, 6.07) is 3.35. The first-order chi connectivity index (χ1) is 7.63. The van der Waals surface area contributed by atoms with Crippen molar-refractivity contribution in [1.29, 1.82) is 0 Å². The number of alkyl halides is 1. The average Bonchev–Trinajstić information content (AvgIpc) is 2.27. The monoisotopic (exact) mass is 306 g/mol. The van der Waals surface area contributed by atoms with Gasteiger partial charge in [-0.1, -0.05) is 27.5 Å². The van der Waals surface area contributed by atoms with E-state index < -0.39 is 5.97 Å². The Morgan fingerprint density at radius 3 is 2.69 bits per heavy atom. The summed E-state index contributed by atoms with van der Waals surface area (Å²) in [4.78, 5) is 11.7. The fourth-order valence-corrected chi connectivity index (χ4v) is 2.04. The first-order valence-corrected chi connectivity index (χ1v) is 6.23. The highest BCUT2D eigenvalue weighted by Gasteiger charge is 2.17. The molecule has 5 heteroatoms. The number of hydrogen-bond acceptors (Lipinski definition) is 3. The van der Waals surface area contributed by atoms with E-state index in [9.17, 15) is 4.79 Å². The van der Waals surface area contributed by atoms with Crippen molar-refractivity contribution in [3.63, 3.8) is 0 Å². The summed E-state index contributed by atoms with van der Waals surface area (Å²) in [5.74, 6) is 0.206. The Morgan fingerprint density at radius 2 is 2.19 bits per heavy atom. The number of rotatable bonds is 4. The highest BCUT2D eigenvalue weighted by Crippen LogP contribution is 2.28. The van der Waals surface area contributed by atoms with E-state index in [1.165, 1.54) is 0 Å². The number of hydrogen-bond donors (Lipinski definition) is 0. The summed E-state index contributed by atoms with van der Waals surface area (Å²) in [7, 11) is 1.55. The van der Waals surface area contributed by atoms with Gasteiger partial charge < -0.3 is 9.47 Å². The maximum atomic E-state index is 11.7. The molecule has 0 saturated heterocycles. The zero-order valence-electron chi connectivity index (χ0n) is 9.05. The molecule has 0 aliphatic carbocycles. The summed E-state index contributed by atoms with van der Waals surface area (Å²) in [5.41, 5.74) is 1.14. The number of carbonyl (C=O) groups excluding carboxylic acids is 1. The lowest BCUT2D eigenvalue weighted by atomic mass is 10.1. The number of ether oxygens (including phenoxy) is 2. The molecule has 0 spiro atoms. The number of esters is 1. The maximum Gasteiger partial charge on any atom is 0.339 e. The van der Waals surface area contributed by atoms with E-state index in [4.69, 9.17) is 21.1 Å². The van der Waals surface area contributed by atoms with Gasteiger partial charge in [0.2, 0.25) is 0 Å². The van der Waals surface area contributed by atoms with Crippen LogP contribution in [0.1, 0.15) is 22.8 Å². The molecular weight excluding hydrogens is 295 g/mol. The summed E-state index contributed by atoms with van der Waals surface area (Å²) < 4.78 is 10.0. The molecular formula is C11H12BrClO3. The number of benzene rings is 1. The SMILES string of the molecule is CCOC(=O)c1c(Cl)cc(OC)cc1CBr. The highest BCUT2D eigenvalue weighted by atomic mass is 79.9. The first-order valence-electron chi connectivity index (χ1n) is 4.73. The molecule has 0 bridgehead atoms. The third-order valence-corrected chi connectivity index (χ3v) is 2.91. The van der Waals surface area contributed by atoms with Crippen LogP contribution in [0.15, 0.2) is 12.1 Å². The van der Waals surface area contributed by atoms with Gasteiger partial charge in [0, 0.05) is 5.33 Å². The Bertz CT molecular complexity index is 393. The minimum Gasteiger partial charge on any atom is -0.497 e. The van der Waals surface area contributed by atoms with E-state index in [1.54, 1.807) is 26.2 Å². The van der Waals surface area contributed by atoms with Gasteiger partial charge in [0.1, 0.15) is 5.75 Å². The van der Waals surface area contributed by atoms with Crippen molar-refractivity contribution >= 4 is 33.5 Å². The fraction of sp³-hybridized carbons (Fsp3) is 0.364. The van der Waals surface area contributed by atoms with Crippen LogP contribution in [0.2, 0.25) is 5.02 Å². The van der Waals surface area contributed by atoms with E-state index in [0.29, 0.717) is 28.3 Å². The topological polar surface area (TPSA) is 35.5 Å². The standard InChI is InChI=1S/C11H12BrClO3/c1-3-16-11(14)10-7(6-12)4-8(15-2)5-9(10)13/h4-5H,3,6H2,1-2H3. The molecule has 16 heavy (non-hydrogen) atoms. The van der Waals surface area contributed by atoms with E-state index >= 15 is 0 Å². The predicted octanol–water partition coefficient (Wildman–Crippen LogP) is 3.42. The van der Waals surface area contributed by atoms with Crippen molar-refractivity contribution < 1.29 is 14.3 Å². The van der Waals surface area contributed by atoms with Crippen molar-refractivity contribution in [3.05, 3.63) is 28.3 Å². The second-order valence-corrected chi connectivity index (χ2v) is 3.97. The van der Waals surface area contributed by atoms with Gasteiger partial charge in [0.15, 0.2) is 0 Å². The average molecular weight is 308 g/mol. The quantitative estimate of drug-likeness (QED) is 0.631. The van der Waals surface area contributed by atoms with Crippen LogP contribution in [0.3, 0.4) is 0 Å². The number of methoxy groups -OCH3 is 1. The minimum atomic E-state index is -0.412. The second-order valence-electron chi connectivity index (χ2n) is 3.00. The largest absolute Gasteiger partial charge is 0.497 e. The molecule has 1 aromatic carbocycles. The molecule has 1 aromatic rings. The summed E-state index contributed by atoms with van der Waals surface area (Å²) in [6.45, 7) is 2.08. The Kier molecular flexibility index (Phi) is 5.09. The van der Waals surface area contributed by atoms with Crippen molar-refractivity contribution in [2.45, 2.75) is 12.3 Å². The zero-order chi connectivity index (χ0) is 12.1. The van der Waals surface area contributed by atoms with Crippen LogP contribution < -0.4 is 4.74 Å². The number of carbonyl (C=O) groups is 1. The summed E-state index contributed by atoms with van der Waals surface area (Å²) in [6.07, 6.45) is 0. The lowest BCUT2D eigenvalue weighted by molar-refractivity contribution is 0.0525. The molecule has 0 aliphatic rings. The molecule has 0 amide bonds. The highest BCUT2D eigenvalue weighted by molar-refractivity contribution is 9.08. The fourth-order valence-electron chi connectivity index (χ4n) is 1.29. The van der Waals surface area contributed by atoms with E-state index in [2.05, 4.69) is 15.9 Å².